The highest BCUT2D eigenvalue weighted by Crippen LogP contribution is 2.42. The van der Waals surface area contributed by atoms with Gasteiger partial charge in [-0.25, -0.2) is 27.7 Å². The van der Waals surface area contributed by atoms with E-state index >= 15 is 9.59 Å². The molecule has 26 nitrogen and oxygen atoms in total. The summed E-state index contributed by atoms with van der Waals surface area (Å²) in [5, 5.41) is 23.4. The van der Waals surface area contributed by atoms with Crippen LogP contribution >= 0.6 is 0 Å². The summed E-state index contributed by atoms with van der Waals surface area (Å²) in [6, 6.07) is 23.7. The Bertz CT molecular complexity index is 4430. The molecule has 0 fully saturated rings. The molecule has 28 heteroatoms. The molecule has 0 aliphatic carbocycles. The van der Waals surface area contributed by atoms with Gasteiger partial charge in [-0.15, -0.1) is 10.2 Å². The molecule has 0 radical (unpaired) electrons. The average Bonchev–Trinajstić information content (AvgIpc) is 1.61. The van der Waals surface area contributed by atoms with E-state index in [0.717, 1.165) is 20.9 Å². The van der Waals surface area contributed by atoms with Gasteiger partial charge in [0.25, 0.3) is 22.9 Å². The summed E-state index contributed by atoms with van der Waals surface area (Å²) in [7, 11) is 2.87. The molecule has 8 aromatic rings. The first-order valence-corrected chi connectivity index (χ1v) is 35.5. The number of amides is 6. The molecule has 0 saturated carbocycles. The van der Waals surface area contributed by atoms with Crippen molar-refractivity contribution in [2.45, 2.75) is 201 Å². The number of ether oxygens (including phenoxy) is 4. The van der Waals surface area contributed by atoms with E-state index in [2.05, 4.69) is 55.1 Å². The minimum absolute atomic E-state index is 0.0115. The topological polar surface area (TPSA) is 303 Å². The van der Waals surface area contributed by atoms with Crippen molar-refractivity contribution in [3.8, 4) is 11.5 Å². The Hall–Kier alpha value is -11.1. The molecule has 6 atom stereocenters. The molecule has 4 aromatic carbocycles. The first kappa shape index (κ1) is 78.5. The van der Waals surface area contributed by atoms with E-state index < -0.39 is 111 Å². The van der Waals surface area contributed by atoms with Gasteiger partial charge in [0.15, 0.2) is 0 Å². The quantitative estimate of drug-likeness (QED) is 0.0437. The minimum atomic E-state index is -1.29. The summed E-state index contributed by atoms with van der Waals surface area (Å²) in [6.45, 7) is 28.8. The van der Waals surface area contributed by atoms with Crippen LogP contribution in [0.15, 0.2) is 131 Å². The molecule has 10 rings (SSSR count). The number of anilines is 2. The van der Waals surface area contributed by atoms with Crippen molar-refractivity contribution in [3.05, 3.63) is 210 Å². The molecule has 6 heterocycles. The molecule has 6 amide bonds. The van der Waals surface area contributed by atoms with Crippen LogP contribution in [0.25, 0.3) is 0 Å². The number of nitrogens with zero attached hydrogens (tertiary/aromatic N) is 10. The van der Waals surface area contributed by atoms with Gasteiger partial charge in [-0.05, 0) is 152 Å². The molecular weight excluding hydrogens is 1370 g/mol. The number of H-pyrrole nitrogens is 2. The number of rotatable bonds is 24. The maximum atomic E-state index is 15.2. The summed E-state index contributed by atoms with van der Waals surface area (Å²) >= 11 is 0. The van der Waals surface area contributed by atoms with Gasteiger partial charge in [0, 0.05) is 78.8 Å². The van der Waals surface area contributed by atoms with Crippen LogP contribution in [0.3, 0.4) is 0 Å². The van der Waals surface area contributed by atoms with E-state index in [0.29, 0.717) is 67.9 Å². The van der Waals surface area contributed by atoms with Crippen molar-refractivity contribution >= 4 is 47.2 Å². The number of pyridine rings is 2. The van der Waals surface area contributed by atoms with E-state index in [1.54, 1.807) is 104 Å². The first-order chi connectivity index (χ1) is 50.1. The molecule has 0 unspecified atom stereocenters. The third-order valence-corrected chi connectivity index (χ3v) is 19.6. The predicted octanol–water partition coefficient (Wildman–Crippen LogP) is 10.4. The second-order valence-electron chi connectivity index (χ2n) is 31.6. The van der Waals surface area contributed by atoms with Crippen LogP contribution in [0.2, 0.25) is 0 Å². The van der Waals surface area contributed by atoms with Gasteiger partial charge in [-0.3, -0.25) is 38.6 Å². The fraction of sp³-hybridized carbons (Fsp3) is 0.443. The van der Waals surface area contributed by atoms with Crippen LogP contribution in [0.5, 0.6) is 11.5 Å². The summed E-state index contributed by atoms with van der Waals surface area (Å²) < 4.78 is 54.2. The highest BCUT2D eigenvalue weighted by Gasteiger charge is 2.47. The van der Waals surface area contributed by atoms with Crippen molar-refractivity contribution in [1.82, 2.24) is 60.4 Å². The Morgan fingerprint density at radius 1 is 0.533 bits per heavy atom. The van der Waals surface area contributed by atoms with E-state index in [9.17, 15) is 37.5 Å². The lowest BCUT2D eigenvalue weighted by Crippen LogP contribution is -2.57. The van der Waals surface area contributed by atoms with Crippen LogP contribution in [0, 0.1) is 11.6 Å². The second-order valence-corrected chi connectivity index (χ2v) is 31.6. The summed E-state index contributed by atoms with van der Waals surface area (Å²) in [4.78, 5) is 124. The van der Waals surface area contributed by atoms with Crippen LogP contribution in [0.4, 0.5) is 29.7 Å². The van der Waals surface area contributed by atoms with Crippen molar-refractivity contribution in [1.29, 1.82) is 0 Å². The number of likely N-dealkylation sites (N-methyl/N-ethyl adjacent to an activating group) is 2. The molecule has 0 spiro atoms. The van der Waals surface area contributed by atoms with Crippen LogP contribution < -0.4 is 41.0 Å². The molecule has 2 aliphatic rings. The average molecular weight is 1470 g/mol. The van der Waals surface area contributed by atoms with Crippen molar-refractivity contribution in [3.63, 3.8) is 0 Å². The van der Waals surface area contributed by atoms with Gasteiger partial charge >= 0.3 is 12.2 Å². The second kappa shape index (κ2) is 30.8. The molecular formula is C79H96F2N14O12. The van der Waals surface area contributed by atoms with E-state index in [-0.39, 0.29) is 50.3 Å². The standard InChI is InChI=1S/C79H96F2N14O12/c1-45(63(82-67(96)47(3)90(17)73(102)106-75(5,6)7)71(100)92-43-77(11,12)65-61(92)37-51(69(98)84-65)35-49-19-27-55(80)28-20-49)94-39-57(86-88-94)41-104-59-31-23-53(24-32-59)79(15,16)54-25-33-60(34-26-54)105-42-58-40-95(89-87-58)46(2)64(83-68(97)48(4)91(18)74(103)107-76(8,9)10)72(101)93-44-78(13,14)66-62(93)38-52(70(99)85-66)36-50-21-29-56(81)30-22-50/h19-34,37-40,45-48,63-64H,35-36,41-44H2,1-18H3,(H,82,96)(H,83,97)(H,84,98)(H,85,99)/t45-,46-,47+,48+,63+,64+/m1/s1. The number of carbonyl (C=O) groups excluding carboxylic acids is 6. The molecule has 2 aliphatic heterocycles. The predicted molar refractivity (Wildman–Crippen MR) is 397 cm³/mol. The van der Waals surface area contributed by atoms with Crippen LogP contribution in [-0.2, 0) is 71.0 Å². The van der Waals surface area contributed by atoms with Gasteiger partial charge in [-0.1, -0.05) is 101 Å². The normalized spacial score (nSPS) is 15.6. The molecule has 0 saturated heterocycles. The number of carbonyl (C=O) groups is 6. The van der Waals surface area contributed by atoms with Crippen LogP contribution in [-0.4, -0.2) is 148 Å². The lowest BCUT2D eigenvalue weighted by atomic mass is 9.78. The van der Waals surface area contributed by atoms with Crippen molar-refractivity contribution in [2.24, 2.45) is 0 Å². The number of hydrogen-bond donors (Lipinski definition) is 4. The Balaban J connectivity index is 0.799. The Morgan fingerprint density at radius 2 is 0.869 bits per heavy atom. The van der Waals surface area contributed by atoms with E-state index in [1.165, 1.54) is 71.4 Å². The summed E-state index contributed by atoms with van der Waals surface area (Å²) in [6.07, 6.45) is 2.10. The molecule has 568 valence electrons. The lowest BCUT2D eigenvalue weighted by Gasteiger charge is -2.32. The number of benzene rings is 4. The highest BCUT2D eigenvalue weighted by atomic mass is 19.1. The number of aromatic amines is 2. The Labute approximate surface area is 620 Å². The lowest BCUT2D eigenvalue weighted by molar-refractivity contribution is -0.131. The fourth-order valence-corrected chi connectivity index (χ4v) is 12.9. The number of fused-ring (bicyclic) bond motifs is 2. The van der Waals surface area contributed by atoms with Crippen molar-refractivity contribution in [2.75, 3.05) is 37.0 Å². The minimum Gasteiger partial charge on any atom is -0.487 e. The number of hydrogen-bond acceptors (Lipinski definition) is 16. The van der Waals surface area contributed by atoms with Gasteiger partial charge in [0.05, 0.1) is 35.9 Å². The van der Waals surface area contributed by atoms with E-state index in [4.69, 9.17) is 18.9 Å². The number of nitrogens with one attached hydrogen (secondary N) is 4. The maximum Gasteiger partial charge on any atom is 0.410 e. The van der Waals surface area contributed by atoms with Crippen LogP contribution in [0.1, 0.15) is 179 Å². The molecule has 107 heavy (non-hydrogen) atoms. The molecule has 4 N–H and O–H groups in total. The number of halogens is 2. The third kappa shape index (κ3) is 18.1. The van der Waals surface area contributed by atoms with Gasteiger partial charge in [0.2, 0.25) is 11.8 Å². The Morgan fingerprint density at radius 3 is 1.20 bits per heavy atom. The first-order valence-electron chi connectivity index (χ1n) is 35.5. The molecule has 4 aromatic heterocycles. The largest absolute Gasteiger partial charge is 0.487 e. The fourth-order valence-electron chi connectivity index (χ4n) is 12.9. The summed E-state index contributed by atoms with van der Waals surface area (Å²) in [5.74, 6) is -2.08. The molecule has 0 bridgehead atoms. The smallest absolute Gasteiger partial charge is 0.410 e. The number of aromatic nitrogens is 8. The zero-order valence-corrected chi connectivity index (χ0v) is 63.9. The monoisotopic (exact) mass is 1470 g/mol. The zero-order valence-electron chi connectivity index (χ0n) is 63.9. The van der Waals surface area contributed by atoms with Gasteiger partial charge < -0.3 is 49.3 Å². The summed E-state index contributed by atoms with van der Waals surface area (Å²) in [5.41, 5.74) is 2.48. The van der Waals surface area contributed by atoms with E-state index in [1.807, 2.05) is 76.2 Å². The zero-order chi connectivity index (χ0) is 78.2. The van der Waals surface area contributed by atoms with Gasteiger partial charge in [-0.2, -0.15) is 0 Å². The third-order valence-electron chi connectivity index (χ3n) is 19.6. The Kier molecular flexibility index (Phi) is 22.6. The maximum absolute atomic E-state index is 15.2. The van der Waals surface area contributed by atoms with Gasteiger partial charge in [0.1, 0.15) is 83.1 Å². The SMILES string of the molecule is C[C@H]([C@H](NC(=O)[C@H](C)N(C)C(=O)OC(C)(C)C)C(=O)N1CC(C)(C)c2[nH]c(=O)c(Cc3ccc(F)cc3)cc21)n1cc(COc2ccc(C(C)(C)c3ccc(OCc4cn([C@H](C)[C@H](NC(=O)[C@H](C)N(C)C(=O)OC(C)(C)C)C(=O)N5CC(C)(C)c6[nH]c(=O)c(Cc7ccc(F)cc7)cc65)nn4)cc3)cc2)nn1. The highest BCUT2D eigenvalue weighted by molar-refractivity contribution is 6.03. The van der Waals surface area contributed by atoms with Crippen molar-refractivity contribution < 1.29 is 56.5 Å².